The third kappa shape index (κ3) is 2.08. The van der Waals surface area contributed by atoms with Crippen LogP contribution in [0.15, 0.2) is 12.7 Å². The lowest BCUT2D eigenvalue weighted by atomic mass is 9.71. The Kier molecular flexibility index (Phi) is 2.94. The zero-order valence-corrected chi connectivity index (χ0v) is 9.46. The van der Waals surface area contributed by atoms with Crippen LogP contribution in [0.25, 0.3) is 0 Å². The molecule has 0 unspecified atom stereocenters. The second-order valence-corrected chi connectivity index (χ2v) is 4.90. The Morgan fingerprint density at radius 3 is 2.50 bits per heavy atom. The van der Waals surface area contributed by atoms with Crippen LogP contribution in [0.1, 0.15) is 32.6 Å². The van der Waals surface area contributed by atoms with E-state index in [1.807, 2.05) is 0 Å². The molecule has 0 amide bonds. The highest BCUT2D eigenvalue weighted by Crippen LogP contribution is 2.40. The molecule has 0 aromatic carbocycles. The van der Waals surface area contributed by atoms with Crippen molar-refractivity contribution in [3.63, 3.8) is 0 Å². The monoisotopic (exact) mass is 223 g/mol. The number of hydrogen-bond donors (Lipinski definition) is 1. The van der Waals surface area contributed by atoms with E-state index in [2.05, 4.69) is 17.1 Å². The molecule has 5 nitrogen and oxygen atoms in total. The van der Waals surface area contributed by atoms with Gasteiger partial charge in [0.25, 0.3) is 0 Å². The average molecular weight is 223 g/mol. The van der Waals surface area contributed by atoms with Crippen molar-refractivity contribution in [1.82, 2.24) is 14.8 Å². The summed E-state index contributed by atoms with van der Waals surface area (Å²) in [4.78, 5) is 11.5. The first-order valence-electron chi connectivity index (χ1n) is 5.68. The van der Waals surface area contributed by atoms with Gasteiger partial charge in [-0.05, 0) is 31.6 Å². The van der Waals surface area contributed by atoms with Gasteiger partial charge >= 0.3 is 5.97 Å². The van der Waals surface area contributed by atoms with Gasteiger partial charge in [-0.15, -0.1) is 10.2 Å². The Balaban J connectivity index is 2.13. The molecule has 2 rings (SSSR count). The van der Waals surface area contributed by atoms with Gasteiger partial charge in [0.15, 0.2) is 0 Å². The van der Waals surface area contributed by atoms with Crippen LogP contribution in [-0.2, 0) is 11.3 Å². The van der Waals surface area contributed by atoms with E-state index >= 15 is 0 Å². The zero-order valence-electron chi connectivity index (χ0n) is 9.46. The Morgan fingerprint density at radius 2 is 2.00 bits per heavy atom. The molecule has 1 fully saturated rings. The summed E-state index contributed by atoms with van der Waals surface area (Å²) in [6.07, 6.45) is 6.66. The fraction of sp³-hybridized carbons (Fsp3) is 0.727. The summed E-state index contributed by atoms with van der Waals surface area (Å²) in [5, 5.41) is 16.8. The first-order chi connectivity index (χ1) is 7.62. The van der Waals surface area contributed by atoms with Crippen molar-refractivity contribution in [1.29, 1.82) is 0 Å². The SMILES string of the molecule is CC1CCC(Cn2cnnc2)(C(=O)O)CC1. The third-order valence-electron chi connectivity index (χ3n) is 3.64. The second-order valence-electron chi connectivity index (χ2n) is 4.90. The summed E-state index contributed by atoms with van der Waals surface area (Å²) in [6, 6.07) is 0. The number of carboxylic acid groups (broad SMARTS) is 1. The molecule has 1 saturated carbocycles. The minimum absolute atomic E-state index is 0.488. The molecule has 88 valence electrons. The molecular formula is C11H17N3O2. The van der Waals surface area contributed by atoms with Crippen LogP contribution >= 0.6 is 0 Å². The first-order valence-corrected chi connectivity index (χ1v) is 5.68. The van der Waals surface area contributed by atoms with Crippen molar-refractivity contribution in [2.24, 2.45) is 11.3 Å². The van der Waals surface area contributed by atoms with Gasteiger partial charge in [0.2, 0.25) is 0 Å². The molecule has 0 radical (unpaired) electrons. The van der Waals surface area contributed by atoms with Crippen LogP contribution in [0, 0.1) is 11.3 Å². The summed E-state index contributed by atoms with van der Waals surface area (Å²) >= 11 is 0. The lowest BCUT2D eigenvalue weighted by Crippen LogP contribution is -2.38. The number of carbonyl (C=O) groups is 1. The van der Waals surface area contributed by atoms with E-state index < -0.39 is 11.4 Å². The Bertz CT molecular complexity index is 353. The number of nitrogens with zero attached hydrogens (tertiary/aromatic N) is 3. The van der Waals surface area contributed by atoms with Crippen molar-refractivity contribution >= 4 is 5.97 Å². The number of aliphatic carboxylic acids is 1. The second kappa shape index (κ2) is 4.23. The predicted molar refractivity (Wildman–Crippen MR) is 57.7 cm³/mol. The Labute approximate surface area is 94.5 Å². The van der Waals surface area contributed by atoms with Gasteiger partial charge in [-0.2, -0.15) is 0 Å². The third-order valence-corrected chi connectivity index (χ3v) is 3.64. The van der Waals surface area contributed by atoms with E-state index in [0.29, 0.717) is 12.5 Å². The van der Waals surface area contributed by atoms with E-state index in [4.69, 9.17) is 0 Å². The minimum Gasteiger partial charge on any atom is -0.481 e. The van der Waals surface area contributed by atoms with Crippen molar-refractivity contribution in [2.75, 3.05) is 0 Å². The molecule has 5 heteroatoms. The molecule has 1 N–H and O–H groups in total. The van der Waals surface area contributed by atoms with Crippen LogP contribution in [0.4, 0.5) is 0 Å². The van der Waals surface area contributed by atoms with E-state index in [0.717, 1.165) is 25.7 Å². The van der Waals surface area contributed by atoms with Gasteiger partial charge in [-0.1, -0.05) is 6.92 Å². The number of aromatic nitrogens is 3. The molecule has 0 saturated heterocycles. The van der Waals surface area contributed by atoms with Crippen LogP contribution in [0.5, 0.6) is 0 Å². The molecule has 1 aliphatic carbocycles. The number of hydrogen-bond acceptors (Lipinski definition) is 3. The standard InChI is InChI=1S/C11H17N3O2/c1-9-2-4-11(5-3-9,10(15)16)6-14-7-12-13-8-14/h7-9H,2-6H2,1H3,(H,15,16). The van der Waals surface area contributed by atoms with E-state index in [1.165, 1.54) is 0 Å². The quantitative estimate of drug-likeness (QED) is 0.844. The topological polar surface area (TPSA) is 68.0 Å². The highest BCUT2D eigenvalue weighted by atomic mass is 16.4. The lowest BCUT2D eigenvalue weighted by molar-refractivity contribution is -0.152. The summed E-state index contributed by atoms with van der Waals surface area (Å²) in [6.45, 7) is 2.67. The molecule has 1 heterocycles. The molecule has 1 aliphatic rings. The smallest absolute Gasteiger partial charge is 0.311 e. The highest BCUT2D eigenvalue weighted by Gasteiger charge is 2.41. The van der Waals surface area contributed by atoms with Gasteiger partial charge < -0.3 is 9.67 Å². The zero-order chi connectivity index (χ0) is 11.6. The van der Waals surface area contributed by atoms with Crippen molar-refractivity contribution in [2.45, 2.75) is 39.2 Å². The number of carboxylic acids is 1. The Morgan fingerprint density at radius 1 is 1.44 bits per heavy atom. The van der Waals surface area contributed by atoms with E-state index in [1.54, 1.807) is 17.2 Å². The van der Waals surface area contributed by atoms with Crippen molar-refractivity contribution < 1.29 is 9.90 Å². The molecule has 0 spiro atoms. The Hall–Kier alpha value is -1.39. The maximum Gasteiger partial charge on any atom is 0.311 e. The van der Waals surface area contributed by atoms with Crippen LogP contribution in [-0.4, -0.2) is 25.8 Å². The lowest BCUT2D eigenvalue weighted by Gasteiger charge is -2.35. The summed E-state index contributed by atoms with van der Waals surface area (Å²) in [7, 11) is 0. The molecule has 1 aromatic rings. The first kappa shape index (κ1) is 11.1. The summed E-state index contributed by atoms with van der Waals surface area (Å²) in [5.74, 6) is -0.0403. The predicted octanol–water partition coefficient (Wildman–Crippen LogP) is 1.56. The fourth-order valence-corrected chi connectivity index (χ4v) is 2.41. The van der Waals surface area contributed by atoms with Gasteiger partial charge in [-0.3, -0.25) is 4.79 Å². The maximum atomic E-state index is 11.5. The van der Waals surface area contributed by atoms with E-state index in [-0.39, 0.29) is 0 Å². The molecule has 0 aliphatic heterocycles. The van der Waals surface area contributed by atoms with Gasteiger partial charge in [-0.25, -0.2) is 0 Å². The van der Waals surface area contributed by atoms with E-state index in [9.17, 15) is 9.90 Å². The minimum atomic E-state index is -0.687. The van der Waals surface area contributed by atoms with Crippen molar-refractivity contribution in [3.05, 3.63) is 12.7 Å². The molecule has 0 atom stereocenters. The normalized spacial score (nSPS) is 30.2. The number of rotatable bonds is 3. The fourth-order valence-electron chi connectivity index (χ4n) is 2.41. The van der Waals surface area contributed by atoms with Crippen molar-refractivity contribution in [3.8, 4) is 0 Å². The van der Waals surface area contributed by atoms with Crippen LogP contribution < -0.4 is 0 Å². The van der Waals surface area contributed by atoms with Crippen LogP contribution in [0.3, 0.4) is 0 Å². The van der Waals surface area contributed by atoms with Gasteiger partial charge in [0.05, 0.1) is 5.41 Å². The summed E-state index contributed by atoms with van der Waals surface area (Å²) in [5.41, 5.74) is -0.616. The summed E-state index contributed by atoms with van der Waals surface area (Å²) < 4.78 is 1.77. The van der Waals surface area contributed by atoms with Crippen LogP contribution in [0.2, 0.25) is 0 Å². The van der Waals surface area contributed by atoms with Gasteiger partial charge in [0.1, 0.15) is 12.7 Å². The molecule has 1 aromatic heterocycles. The molecule has 16 heavy (non-hydrogen) atoms. The molecule has 0 bridgehead atoms. The maximum absolute atomic E-state index is 11.5. The average Bonchev–Trinajstić information content (AvgIpc) is 2.74. The largest absolute Gasteiger partial charge is 0.481 e. The molecular weight excluding hydrogens is 206 g/mol. The van der Waals surface area contributed by atoms with Gasteiger partial charge in [0, 0.05) is 6.54 Å². The highest BCUT2D eigenvalue weighted by molar-refractivity contribution is 5.74.